The lowest BCUT2D eigenvalue weighted by atomic mass is 10.1. The molecule has 2 aromatic carbocycles. The Bertz CT molecular complexity index is 1050. The smallest absolute Gasteiger partial charge is 0.305 e. The fourth-order valence-corrected chi connectivity index (χ4v) is 3.65. The number of carboxylic acids is 1. The summed E-state index contributed by atoms with van der Waals surface area (Å²) in [5.74, 6) is -2.18. The molecule has 2 atom stereocenters. The number of aromatic amines is 1. The maximum atomic E-state index is 12.6. The van der Waals surface area contributed by atoms with Crippen LogP contribution in [0.5, 0.6) is 0 Å². The molecule has 0 spiro atoms. The van der Waals surface area contributed by atoms with Gasteiger partial charge in [0, 0.05) is 23.6 Å². The molecule has 7 nitrogen and oxygen atoms in total. The fraction of sp³-hybridized carbons (Fsp3) is 0.261. The number of H-pyrrole nitrogens is 1. The van der Waals surface area contributed by atoms with E-state index in [1.165, 1.54) is 0 Å². The van der Waals surface area contributed by atoms with E-state index in [2.05, 4.69) is 28.2 Å². The number of para-hydroxylation sites is 1. The van der Waals surface area contributed by atoms with Gasteiger partial charge in [-0.25, -0.2) is 0 Å². The third-order valence-corrected chi connectivity index (χ3v) is 5.37. The van der Waals surface area contributed by atoms with Crippen molar-refractivity contribution in [1.29, 1.82) is 0 Å². The van der Waals surface area contributed by atoms with Crippen molar-refractivity contribution >= 4 is 41.3 Å². The highest BCUT2D eigenvalue weighted by Crippen LogP contribution is 2.17. The maximum absolute atomic E-state index is 12.6. The second-order valence-electron chi connectivity index (χ2n) is 7.27. The molecule has 0 saturated heterocycles. The minimum atomic E-state index is -1.17. The summed E-state index contributed by atoms with van der Waals surface area (Å²) in [6, 6.07) is 16.0. The van der Waals surface area contributed by atoms with E-state index in [0.29, 0.717) is 19.4 Å². The Morgan fingerprint density at radius 3 is 2.45 bits per heavy atom. The van der Waals surface area contributed by atoms with Crippen LogP contribution >= 0.6 is 12.6 Å². The van der Waals surface area contributed by atoms with Crippen molar-refractivity contribution in [3.8, 4) is 0 Å². The summed E-state index contributed by atoms with van der Waals surface area (Å²) in [5.41, 5.74) is 2.99. The van der Waals surface area contributed by atoms with Crippen LogP contribution in [0.25, 0.3) is 10.9 Å². The van der Waals surface area contributed by atoms with Gasteiger partial charge in [-0.15, -0.1) is 0 Å². The van der Waals surface area contributed by atoms with Gasteiger partial charge in [-0.3, -0.25) is 14.4 Å². The Morgan fingerprint density at radius 2 is 1.71 bits per heavy atom. The monoisotopic (exact) mass is 439 g/mol. The molecule has 162 valence electrons. The Hall–Kier alpha value is -3.26. The Balaban J connectivity index is 1.55. The van der Waals surface area contributed by atoms with Crippen molar-refractivity contribution in [3.05, 3.63) is 71.9 Å². The predicted octanol–water partition coefficient (Wildman–Crippen LogP) is 2.33. The zero-order chi connectivity index (χ0) is 22.2. The third kappa shape index (κ3) is 6.36. The second kappa shape index (κ2) is 10.7. The zero-order valence-electron chi connectivity index (χ0n) is 16.9. The number of rotatable bonds is 10. The van der Waals surface area contributed by atoms with E-state index >= 15 is 0 Å². The molecule has 0 saturated carbocycles. The van der Waals surface area contributed by atoms with Crippen molar-refractivity contribution in [2.45, 2.75) is 30.6 Å². The van der Waals surface area contributed by atoms with E-state index in [0.717, 1.165) is 22.0 Å². The van der Waals surface area contributed by atoms with Gasteiger partial charge in [0.05, 0.1) is 11.7 Å². The Kier molecular flexibility index (Phi) is 7.72. The molecule has 0 bridgehead atoms. The van der Waals surface area contributed by atoms with Crippen molar-refractivity contribution in [2.24, 2.45) is 0 Å². The molecule has 0 fully saturated rings. The van der Waals surface area contributed by atoms with E-state index in [9.17, 15) is 14.4 Å². The lowest BCUT2D eigenvalue weighted by Gasteiger charge is -2.19. The second-order valence-corrected chi connectivity index (χ2v) is 7.89. The largest absolute Gasteiger partial charge is 0.481 e. The van der Waals surface area contributed by atoms with Gasteiger partial charge >= 0.3 is 5.97 Å². The molecule has 0 aliphatic rings. The van der Waals surface area contributed by atoms with Crippen LogP contribution in [0.4, 0.5) is 0 Å². The van der Waals surface area contributed by atoms with Crippen molar-refractivity contribution < 1.29 is 19.5 Å². The minimum Gasteiger partial charge on any atom is -0.481 e. The molecule has 0 radical (unpaired) electrons. The standard InChI is InChI=1S/C23H25N3O4S/c27-21(28)13-19(26-23(30)20(31)12-15-6-2-1-3-7-15)22(29)24-11-10-16-14-25-18-9-5-4-8-17(16)18/h1-9,14,19-20,25,31H,10-13H2,(H,24,29)(H,26,30)(H,27,28). The van der Waals surface area contributed by atoms with Gasteiger partial charge in [-0.2, -0.15) is 12.6 Å². The Morgan fingerprint density at radius 1 is 1.00 bits per heavy atom. The van der Waals surface area contributed by atoms with Gasteiger partial charge in [0.15, 0.2) is 0 Å². The van der Waals surface area contributed by atoms with Crippen LogP contribution < -0.4 is 10.6 Å². The molecule has 1 heterocycles. The molecular formula is C23H25N3O4S. The van der Waals surface area contributed by atoms with Crippen LogP contribution in [0.1, 0.15) is 17.5 Å². The summed E-state index contributed by atoms with van der Waals surface area (Å²) in [6.45, 7) is 0.320. The average Bonchev–Trinajstić information content (AvgIpc) is 3.16. The summed E-state index contributed by atoms with van der Waals surface area (Å²) in [4.78, 5) is 39.4. The topological polar surface area (TPSA) is 111 Å². The van der Waals surface area contributed by atoms with E-state index in [-0.39, 0.29) is 0 Å². The molecular weight excluding hydrogens is 414 g/mol. The first kappa shape index (κ1) is 22.4. The number of amides is 2. The number of hydrogen-bond acceptors (Lipinski definition) is 4. The van der Waals surface area contributed by atoms with Gasteiger partial charge in [0.2, 0.25) is 11.8 Å². The number of aliphatic carboxylic acids is 1. The predicted molar refractivity (Wildman–Crippen MR) is 122 cm³/mol. The lowest BCUT2D eigenvalue weighted by molar-refractivity contribution is -0.140. The van der Waals surface area contributed by atoms with Crippen molar-refractivity contribution in [2.75, 3.05) is 6.54 Å². The van der Waals surface area contributed by atoms with Crippen LogP contribution in [0.3, 0.4) is 0 Å². The maximum Gasteiger partial charge on any atom is 0.305 e. The van der Waals surface area contributed by atoms with Gasteiger partial charge in [0.1, 0.15) is 6.04 Å². The highest BCUT2D eigenvalue weighted by molar-refractivity contribution is 7.81. The number of benzene rings is 2. The number of nitrogens with one attached hydrogen (secondary N) is 3. The number of hydrogen-bond donors (Lipinski definition) is 5. The first-order valence-electron chi connectivity index (χ1n) is 10.0. The number of aromatic nitrogens is 1. The number of carbonyl (C=O) groups excluding carboxylic acids is 2. The van der Waals surface area contributed by atoms with Crippen LogP contribution in [0.2, 0.25) is 0 Å². The summed E-state index contributed by atoms with van der Waals surface area (Å²) in [7, 11) is 0. The summed E-state index contributed by atoms with van der Waals surface area (Å²) >= 11 is 4.32. The lowest BCUT2D eigenvalue weighted by Crippen LogP contribution is -2.50. The molecule has 3 rings (SSSR count). The van der Waals surface area contributed by atoms with Crippen molar-refractivity contribution in [1.82, 2.24) is 15.6 Å². The molecule has 8 heteroatoms. The quantitative estimate of drug-likeness (QED) is 0.312. The Labute approximate surface area is 185 Å². The molecule has 1 aromatic heterocycles. The van der Waals surface area contributed by atoms with E-state index in [4.69, 9.17) is 5.11 Å². The summed E-state index contributed by atoms with van der Waals surface area (Å²) in [5, 5.41) is 14.8. The van der Waals surface area contributed by atoms with Gasteiger partial charge in [-0.1, -0.05) is 48.5 Å². The number of thiol groups is 1. The average molecular weight is 440 g/mol. The molecule has 2 amide bonds. The molecule has 2 unspecified atom stereocenters. The van der Waals surface area contributed by atoms with E-state index < -0.39 is 35.5 Å². The van der Waals surface area contributed by atoms with Gasteiger partial charge < -0.3 is 20.7 Å². The van der Waals surface area contributed by atoms with Crippen LogP contribution in [0.15, 0.2) is 60.8 Å². The van der Waals surface area contributed by atoms with Crippen LogP contribution in [0, 0.1) is 0 Å². The molecule has 3 aromatic rings. The molecule has 0 aliphatic carbocycles. The van der Waals surface area contributed by atoms with Crippen molar-refractivity contribution in [3.63, 3.8) is 0 Å². The SMILES string of the molecule is O=C(O)CC(NC(=O)C(S)Cc1ccccc1)C(=O)NCCc1c[nH]c2ccccc12. The van der Waals surface area contributed by atoms with Gasteiger partial charge in [-0.05, 0) is 30.0 Å². The summed E-state index contributed by atoms with van der Waals surface area (Å²) < 4.78 is 0. The zero-order valence-corrected chi connectivity index (χ0v) is 17.8. The third-order valence-electron chi connectivity index (χ3n) is 4.95. The highest BCUT2D eigenvalue weighted by Gasteiger charge is 2.26. The molecule has 31 heavy (non-hydrogen) atoms. The number of fused-ring (bicyclic) bond motifs is 1. The van der Waals surface area contributed by atoms with E-state index in [1.54, 1.807) is 0 Å². The number of carboxylic acid groups (broad SMARTS) is 1. The van der Waals surface area contributed by atoms with E-state index in [1.807, 2.05) is 60.8 Å². The summed E-state index contributed by atoms with van der Waals surface area (Å²) in [6.07, 6.45) is 2.34. The molecule has 4 N–H and O–H groups in total. The normalized spacial score (nSPS) is 12.8. The molecule has 0 aliphatic heterocycles. The van der Waals surface area contributed by atoms with Crippen LogP contribution in [-0.4, -0.2) is 45.7 Å². The fourth-order valence-electron chi connectivity index (χ4n) is 3.36. The minimum absolute atomic E-state index is 0.320. The first-order chi connectivity index (χ1) is 14.9. The highest BCUT2D eigenvalue weighted by atomic mass is 32.1. The van der Waals surface area contributed by atoms with Crippen LogP contribution in [-0.2, 0) is 27.2 Å². The first-order valence-corrected chi connectivity index (χ1v) is 10.5. The van der Waals surface area contributed by atoms with Gasteiger partial charge in [0.25, 0.3) is 0 Å². The number of carbonyl (C=O) groups is 3.